The summed E-state index contributed by atoms with van der Waals surface area (Å²) in [6.45, 7) is 2.14. The van der Waals surface area contributed by atoms with E-state index in [1.165, 1.54) is 26.4 Å². The predicted octanol–water partition coefficient (Wildman–Crippen LogP) is 3.73. The maximum atomic E-state index is 12.6. The molecule has 5 atom stereocenters. The average molecular weight is 577 g/mol. The lowest BCUT2D eigenvalue weighted by Gasteiger charge is -2.19. The van der Waals surface area contributed by atoms with Gasteiger partial charge in [-0.1, -0.05) is 63.7 Å². The number of quaternary nitrogens is 1. The second kappa shape index (κ2) is 18.6. The number of rotatable bonds is 19. The minimum absolute atomic E-state index is 0.0119. The first-order valence-corrected chi connectivity index (χ1v) is 14.9. The third-order valence-electron chi connectivity index (χ3n) is 7.76. The number of ketones is 1. The molecule has 0 aliphatic heterocycles. The van der Waals surface area contributed by atoms with Gasteiger partial charge in [-0.15, -0.1) is 0 Å². The van der Waals surface area contributed by atoms with Gasteiger partial charge in [0.15, 0.2) is 5.75 Å². The van der Waals surface area contributed by atoms with Crippen molar-refractivity contribution >= 4 is 23.3 Å². The van der Waals surface area contributed by atoms with Crippen LogP contribution in [0.25, 0.3) is 0 Å². The Bertz CT molecular complexity index is 996. The fourth-order valence-electron chi connectivity index (χ4n) is 5.40. The number of carbonyl (C=O) groups excluding carboxylic acids is 3. The van der Waals surface area contributed by atoms with Crippen molar-refractivity contribution in [3.05, 3.63) is 41.1 Å². The number of aliphatic hydroxyl groups excluding tert-OH is 1. The van der Waals surface area contributed by atoms with Gasteiger partial charge in [0.2, 0.25) is 11.6 Å². The van der Waals surface area contributed by atoms with Gasteiger partial charge in [0.05, 0.1) is 20.3 Å². The fraction of sp³-hybridized carbons (Fsp3) is 0.645. The molecule has 1 aromatic carbocycles. The van der Waals surface area contributed by atoms with Crippen LogP contribution in [0.3, 0.4) is 0 Å². The lowest BCUT2D eigenvalue weighted by atomic mass is 9.89. The number of esters is 1. The van der Waals surface area contributed by atoms with E-state index in [0.29, 0.717) is 24.2 Å². The van der Waals surface area contributed by atoms with Crippen molar-refractivity contribution in [3.63, 3.8) is 0 Å². The number of hydrogen-bond acceptors (Lipinski definition) is 8. The van der Waals surface area contributed by atoms with E-state index < -0.39 is 23.3 Å². The van der Waals surface area contributed by atoms with Crippen LogP contribution in [0.2, 0.25) is 0 Å². The van der Waals surface area contributed by atoms with E-state index in [1.807, 2.05) is 12.2 Å². The van der Waals surface area contributed by atoms with Gasteiger partial charge in [-0.3, -0.25) is 9.59 Å². The van der Waals surface area contributed by atoms with Crippen molar-refractivity contribution in [2.75, 3.05) is 14.2 Å². The van der Waals surface area contributed by atoms with Crippen LogP contribution < -0.4 is 15.3 Å². The van der Waals surface area contributed by atoms with E-state index in [4.69, 9.17) is 9.47 Å². The second-order valence-electron chi connectivity index (χ2n) is 10.9. The highest BCUT2D eigenvalue weighted by Gasteiger charge is 2.32. The molecule has 4 N–H and O–H groups in total. The van der Waals surface area contributed by atoms with Crippen LogP contribution in [0.1, 0.15) is 89.5 Å². The van der Waals surface area contributed by atoms with E-state index in [2.05, 4.69) is 12.2 Å². The quantitative estimate of drug-likeness (QED) is 0.0842. The molecule has 0 heterocycles. The molecule has 1 saturated carbocycles. The number of unbranched alkanes of at least 4 members (excludes halogenated alkanes) is 5. The molecule has 0 bridgehead atoms. The highest BCUT2D eigenvalue weighted by atomic mass is 16.8. The molecule has 10 nitrogen and oxygen atoms in total. The number of methoxy groups -OCH3 is 2. The van der Waals surface area contributed by atoms with Gasteiger partial charge < -0.3 is 25.1 Å². The first-order chi connectivity index (χ1) is 19.7. The molecule has 41 heavy (non-hydrogen) atoms. The Morgan fingerprint density at radius 3 is 2.61 bits per heavy atom. The first kappa shape index (κ1) is 34.4. The Kier molecular flexibility index (Phi) is 15.6. The van der Waals surface area contributed by atoms with Crippen LogP contribution in [-0.2, 0) is 25.5 Å². The molecule has 0 saturated heterocycles. The molecule has 1 aromatic rings. The van der Waals surface area contributed by atoms with Crippen molar-refractivity contribution in [1.29, 1.82) is 0 Å². The third-order valence-corrected chi connectivity index (χ3v) is 7.76. The van der Waals surface area contributed by atoms with Crippen LogP contribution in [0.4, 0.5) is 5.69 Å². The number of amides is 1. The molecular weight excluding hydrogens is 528 g/mol. The first-order valence-electron chi connectivity index (χ1n) is 14.9. The van der Waals surface area contributed by atoms with E-state index in [-0.39, 0.29) is 42.0 Å². The summed E-state index contributed by atoms with van der Waals surface area (Å²) in [4.78, 5) is 37.3. The lowest BCUT2D eigenvalue weighted by Crippen LogP contribution is -2.99. The van der Waals surface area contributed by atoms with Crippen molar-refractivity contribution < 1.29 is 39.4 Å². The maximum Gasteiger partial charge on any atom is 0.328 e. The largest absolute Gasteiger partial charge is 0.595 e. The predicted molar refractivity (Wildman–Crippen MR) is 155 cm³/mol. The van der Waals surface area contributed by atoms with E-state index >= 15 is 0 Å². The summed E-state index contributed by atoms with van der Waals surface area (Å²) in [6.07, 6.45) is 13.3. The zero-order chi connectivity index (χ0) is 30.2. The van der Waals surface area contributed by atoms with E-state index in [9.17, 15) is 29.9 Å². The van der Waals surface area contributed by atoms with Crippen LogP contribution in [0.5, 0.6) is 5.75 Å². The van der Waals surface area contributed by atoms with Crippen molar-refractivity contribution in [1.82, 2.24) is 5.32 Å². The van der Waals surface area contributed by atoms with Gasteiger partial charge in [-0.05, 0) is 43.2 Å². The van der Waals surface area contributed by atoms with Crippen LogP contribution >= 0.6 is 0 Å². The van der Waals surface area contributed by atoms with Gasteiger partial charge >= 0.3 is 5.97 Å². The smallest absolute Gasteiger partial charge is 0.328 e. The summed E-state index contributed by atoms with van der Waals surface area (Å²) in [5.41, 5.74) is 0.529. The fourth-order valence-corrected chi connectivity index (χ4v) is 5.40. The summed E-state index contributed by atoms with van der Waals surface area (Å²) in [6, 6.07) is 3.66. The number of aliphatic hydroxyl groups is 1. The molecule has 1 unspecified atom stereocenters. The SMILES string of the molecule is CCCCC[C@@H](O)C=C[C@@H]1CCC(=O)[C@@H]1CCCCCCC(=O)N[C@H](Cc1ccc(OC)c([NH+]([O-])O)c1)C(=O)OC. The number of ether oxygens (including phenoxy) is 2. The van der Waals surface area contributed by atoms with Gasteiger partial charge in [-0.25, -0.2) is 10.0 Å². The minimum Gasteiger partial charge on any atom is -0.595 e. The maximum absolute atomic E-state index is 12.6. The van der Waals surface area contributed by atoms with E-state index in [1.54, 1.807) is 6.07 Å². The van der Waals surface area contributed by atoms with Crippen molar-refractivity contribution in [3.8, 4) is 5.75 Å². The minimum atomic E-state index is -1.15. The number of Topliss-reactive ketones (excluding diaryl/α,β-unsaturated/α-hetero) is 1. The van der Waals surface area contributed by atoms with Gasteiger partial charge in [0, 0.05) is 31.2 Å². The molecule has 2 rings (SSSR count). The Balaban J connectivity index is 1.76. The number of nitrogens with one attached hydrogen (secondary N) is 2. The van der Waals surface area contributed by atoms with E-state index in [0.717, 1.165) is 57.8 Å². The summed E-state index contributed by atoms with van der Waals surface area (Å²) in [5, 5.41) is 32.7. The molecule has 0 aromatic heterocycles. The highest BCUT2D eigenvalue weighted by Crippen LogP contribution is 2.34. The molecule has 1 aliphatic carbocycles. The molecule has 10 heteroatoms. The molecule has 1 aliphatic rings. The van der Waals surface area contributed by atoms with Gasteiger partial charge in [0.1, 0.15) is 11.8 Å². The van der Waals surface area contributed by atoms with Crippen LogP contribution in [-0.4, -0.2) is 54.3 Å². The topological polar surface area (TPSA) is 150 Å². The van der Waals surface area contributed by atoms with Crippen molar-refractivity contribution in [2.24, 2.45) is 11.8 Å². The summed E-state index contributed by atoms with van der Waals surface area (Å²) in [7, 11) is 2.62. The molecule has 0 radical (unpaired) electrons. The molecule has 230 valence electrons. The number of hydrogen-bond donors (Lipinski definition) is 4. The zero-order valence-electron chi connectivity index (χ0n) is 24.7. The monoisotopic (exact) mass is 576 g/mol. The number of benzene rings is 1. The normalized spacial score (nSPS) is 19.2. The third kappa shape index (κ3) is 11.9. The lowest BCUT2D eigenvalue weighted by molar-refractivity contribution is -0.991. The van der Waals surface area contributed by atoms with Gasteiger partial charge in [-0.2, -0.15) is 5.23 Å². The molecule has 1 amide bonds. The van der Waals surface area contributed by atoms with Crippen LogP contribution in [0, 0.1) is 17.0 Å². The summed E-state index contributed by atoms with van der Waals surface area (Å²) >= 11 is 0. The molecule has 0 spiro atoms. The Hall–Kier alpha value is -2.79. The summed E-state index contributed by atoms with van der Waals surface area (Å²) < 4.78 is 9.92. The summed E-state index contributed by atoms with van der Waals surface area (Å²) in [5.74, 6) is -0.161. The van der Waals surface area contributed by atoms with Crippen molar-refractivity contribution in [2.45, 2.75) is 103 Å². The second-order valence-corrected chi connectivity index (χ2v) is 10.9. The molecule has 1 fully saturated rings. The number of carbonyl (C=O) groups is 3. The zero-order valence-corrected chi connectivity index (χ0v) is 24.7. The molecular formula is C31H48N2O8. The van der Waals surface area contributed by atoms with Crippen LogP contribution in [0.15, 0.2) is 30.4 Å². The standard InChI is InChI=1S/C31H48N2O8/c1-4-5-8-11-24(34)17-15-23-16-18-28(35)25(23)12-9-6-7-10-13-30(36)32-26(31(37)41-3)20-22-14-19-29(40-2)27(21-22)33(38)39/h14-15,17,19,21,23-26,33-34,38H,4-13,16,18,20H2,1-3H3,(H,32,36)/t23-,24-,25-,26-/m1/s1. The highest BCUT2D eigenvalue weighted by molar-refractivity contribution is 5.85. The Morgan fingerprint density at radius 2 is 1.93 bits per heavy atom. The Morgan fingerprint density at radius 1 is 1.17 bits per heavy atom. The Labute approximate surface area is 243 Å². The van der Waals surface area contributed by atoms with Gasteiger partial charge in [0.25, 0.3) is 0 Å². The number of allylic oxidation sites excluding steroid dienone is 1. The average Bonchev–Trinajstić information content (AvgIpc) is 3.31.